The average Bonchev–Trinajstić information content (AvgIpc) is 3.17. The van der Waals surface area contributed by atoms with Crippen molar-refractivity contribution in [3.8, 4) is 0 Å². The molecule has 1 aliphatic heterocycles. The Morgan fingerprint density at radius 3 is 2.09 bits per heavy atom. The number of alkyl halides is 3. The van der Waals surface area contributed by atoms with Gasteiger partial charge in [-0.3, -0.25) is 19.3 Å². The van der Waals surface area contributed by atoms with Crippen LogP contribution in [0.15, 0.2) is 36.4 Å². The number of carbonyl (C=O) groups excluding carboxylic acids is 3. The Balaban J connectivity index is 1.71. The first-order valence-corrected chi connectivity index (χ1v) is 6.56. The molecule has 1 fully saturated rings. The van der Waals surface area contributed by atoms with E-state index in [0.29, 0.717) is 6.42 Å². The Morgan fingerprint density at radius 2 is 1.59 bits per heavy atom. The van der Waals surface area contributed by atoms with Gasteiger partial charge in [-0.25, -0.2) is 0 Å². The molecule has 2 amide bonds. The van der Waals surface area contributed by atoms with Gasteiger partial charge in [0.1, 0.15) is 0 Å². The molecule has 4 nitrogen and oxygen atoms in total. The number of halogens is 3. The highest BCUT2D eigenvalue weighted by molar-refractivity contribution is 6.14. The molecule has 1 heterocycles. The molecule has 1 aliphatic carbocycles. The van der Waals surface area contributed by atoms with Crippen molar-refractivity contribution in [2.75, 3.05) is 0 Å². The third-order valence-corrected chi connectivity index (χ3v) is 3.77. The van der Waals surface area contributed by atoms with Crippen LogP contribution in [-0.2, 0) is 15.8 Å². The second-order valence-corrected chi connectivity index (χ2v) is 5.23. The monoisotopic (exact) mass is 309 g/mol. The fourth-order valence-electron chi connectivity index (χ4n) is 2.52. The van der Waals surface area contributed by atoms with Crippen LogP contribution in [0, 0.1) is 5.92 Å². The molecule has 7 heteroatoms. The van der Waals surface area contributed by atoms with Gasteiger partial charge in [-0.1, -0.05) is 12.1 Å². The Hall–Kier alpha value is -2.44. The van der Waals surface area contributed by atoms with Crippen LogP contribution in [0.3, 0.4) is 0 Å². The number of amides is 2. The summed E-state index contributed by atoms with van der Waals surface area (Å²) in [5.41, 5.74) is -0.682. The van der Waals surface area contributed by atoms with Crippen molar-refractivity contribution in [2.45, 2.75) is 18.6 Å². The molecule has 0 saturated heterocycles. The first-order valence-electron chi connectivity index (χ1n) is 6.56. The molecule has 2 unspecified atom stereocenters. The topological polar surface area (TPSA) is 54.5 Å². The molecule has 1 saturated carbocycles. The van der Waals surface area contributed by atoms with Crippen LogP contribution in [0.4, 0.5) is 13.2 Å². The van der Waals surface area contributed by atoms with Crippen LogP contribution >= 0.6 is 0 Å². The quantitative estimate of drug-likeness (QED) is 0.635. The number of rotatable bonds is 3. The molecule has 0 aromatic heterocycles. The van der Waals surface area contributed by atoms with E-state index in [9.17, 15) is 27.6 Å². The molecule has 3 rings (SSSR count). The summed E-state index contributed by atoms with van der Waals surface area (Å²) >= 11 is 0. The third kappa shape index (κ3) is 2.43. The zero-order valence-corrected chi connectivity index (χ0v) is 11.1. The fourth-order valence-corrected chi connectivity index (χ4v) is 2.52. The number of hydrogen-bond donors (Lipinski definition) is 0. The smallest absolute Gasteiger partial charge is 0.294 e. The number of carbonyl (C=O) groups is 3. The van der Waals surface area contributed by atoms with Crippen LogP contribution < -0.4 is 0 Å². The van der Waals surface area contributed by atoms with Crippen molar-refractivity contribution >= 4 is 17.6 Å². The summed E-state index contributed by atoms with van der Waals surface area (Å²) < 4.78 is 37.4. The minimum atomic E-state index is -4.45. The molecule has 1 aromatic rings. The van der Waals surface area contributed by atoms with Gasteiger partial charge in [-0.05, 0) is 18.6 Å². The van der Waals surface area contributed by atoms with Crippen molar-refractivity contribution in [3.05, 3.63) is 47.5 Å². The van der Waals surface area contributed by atoms with E-state index in [1.54, 1.807) is 0 Å². The van der Waals surface area contributed by atoms with E-state index < -0.39 is 35.5 Å². The lowest BCUT2D eigenvalue weighted by Crippen LogP contribution is -2.34. The predicted molar refractivity (Wildman–Crippen MR) is 68.7 cm³/mol. The van der Waals surface area contributed by atoms with Crippen molar-refractivity contribution in [1.82, 2.24) is 4.90 Å². The summed E-state index contributed by atoms with van der Waals surface area (Å²) in [5, 5.41) is 0. The molecular formula is C15H10F3NO3. The van der Waals surface area contributed by atoms with Crippen LogP contribution in [-0.4, -0.2) is 28.5 Å². The van der Waals surface area contributed by atoms with Crippen molar-refractivity contribution in [2.24, 2.45) is 5.92 Å². The molecule has 0 radical (unpaired) electrons. The van der Waals surface area contributed by atoms with Gasteiger partial charge in [-0.2, -0.15) is 13.2 Å². The second-order valence-electron chi connectivity index (χ2n) is 5.23. The van der Waals surface area contributed by atoms with Gasteiger partial charge in [0.05, 0.1) is 11.6 Å². The second kappa shape index (κ2) is 4.79. The normalized spacial score (nSPS) is 24.0. The highest BCUT2D eigenvalue weighted by Crippen LogP contribution is 2.40. The third-order valence-electron chi connectivity index (χ3n) is 3.77. The van der Waals surface area contributed by atoms with Gasteiger partial charge in [0.2, 0.25) is 0 Å². The minimum absolute atomic E-state index is 0.146. The zero-order chi connectivity index (χ0) is 16.1. The maximum atomic E-state index is 12.5. The van der Waals surface area contributed by atoms with Crippen LogP contribution in [0.5, 0.6) is 0 Å². The number of hydrogen-bond acceptors (Lipinski definition) is 3. The zero-order valence-electron chi connectivity index (χ0n) is 11.1. The number of Topliss-reactive ketones (excluding diaryl/α,β-unsaturated/α-hetero) is 1. The lowest BCUT2D eigenvalue weighted by molar-refractivity contribution is -0.138. The van der Waals surface area contributed by atoms with Gasteiger partial charge < -0.3 is 0 Å². The lowest BCUT2D eigenvalue weighted by Gasteiger charge is -2.13. The highest BCUT2D eigenvalue weighted by Gasteiger charge is 2.51. The van der Waals surface area contributed by atoms with E-state index in [-0.39, 0.29) is 11.3 Å². The Kier molecular flexibility index (Phi) is 3.16. The summed E-state index contributed by atoms with van der Waals surface area (Å²) in [6, 6.07) is 3.43. The van der Waals surface area contributed by atoms with E-state index >= 15 is 0 Å². The van der Waals surface area contributed by atoms with Gasteiger partial charge in [0.25, 0.3) is 11.8 Å². The maximum Gasteiger partial charge on any atom is 0.416 e. The van der Waals surface area contributed by atoms with Crippen molar-refractivity contribution < 1.29 is 27.6 Å². The summed E-state index contributed by atoms with van der Waals surface area (Å²) in [7, 11) is 0. The van der Waals surface area contributed by atoms with Crippen LogP contribution in [0.2, 0.25) is 0 Å². The number of benzene rings is 1. The number of nitrogens with zero attached hydrogens (tertiary/aromatic N) is 1. The van der Waals surface area contributed by atoms with Gasteiger partial charge in [0, 0.05) is 23.6 Å². The first-order chi connectivity index (χ1) is 10.3. The van der Waals surface area contributed by atoms with E-state index in [2.05, 4.69) is 0 Å². The molecule has 0 bridgehead atoms. The van der Waals surface area contributed by atoms with E-state index in [0.717, 1.165) is 41.3 Å². The number of imide groups is 1. The van der Waals surface area contributed by atoms with Crippen molar-refractivity contribution in [3.63, 3.8) is 0 Å². The van der Waals surface area contributed by atoms with E-state index in [1.165, 1.54) is 0 Å². The fraction of sp³-hybridized carbons (Fsp3) is 0.267. The van der Waals surface area contributed by atoms with E-state index in [4.69, 9.17) is 0 Å². The SMILES string of the molecule is O=C(c1ccc(C(F)(F)F)cc1)C1CC1N1C(=O)C=CC1=O. The number of ketones is 1. The maximum absolute atomic E-state index is 12.5. The van der Waals surface area contributed by atoms with Gasteiger partial charge in [-0.15, -0.1) is 0 Å². The summed E-state index contributed by atoms with van der Waals surface area (Å²) in [4.78, 5) is 36.2. The van der Waals surface area contributed by atoms with Crippen molar-refractivity contribution in [1.29, 1.82) is 0 Å². The lowest BCUT2D eigenvalue weighted by atomic mass is 10.0. The van der Waals surface area contributed by atoms with Crippen LogP contribution in [0.1, 0.15) is 22.3 Å². The summed E-state index contributed by atoms with van der Waals surface area (Å²) in [5.74, 6) is -1.81. The summed E-state index contributed by atoms with van der Waals surface area (Å²) in [6.45, 7) is 0. The minimum Gasteiger partial charge on any atom is -0.294 e. The molecule has 1 aromatic carbocycles. The predicted octanol–water partition coefficient (Wildman–Crippen LogP) is 2.20. The molecule has 22 heavy (non-hydrogen) atoms. The van der Waals surface area contributed by atoms with Gasteiger partial charge >= 0.3 is 6.18 Å². The van der Waals surface area contributed by atoms with Crippen LogP contribution in [0.25, 0.3) is 0 Å². The molecule has 2 atom stereocenters. The average molecular weight is 309 g/mol. The summed E-state index contributed by atoms with van der Waals surface area (Å²) in [6.07, 6.45) is -1.83. The Morgan fingerprint density at radius 1 is 1.05 bits per heavy atom. The first kappa shape index (κ1) is 14.5. The Bertz CT molecular complexity index is 673. The molecular weight excluding hydrogens is 299 g/mol. The molecule has 2 aliphatic rings. The molecule has 0 spiro atoms. The largest absolute Gasteiger partial charge is 0.416 e. The molecule has 0 N–H and O–H groups in total. The standard InChI is InChI=1S/C15H10F3NO3/c16-15(17,18)9-3-1-8(2-4-9)14(22)10-7-11(10)19-12(20)5-6-13(19)21/h1-6,10-11H,7H2. The highest BCUT2D eigenvalue weighted by atomic mass is 19.4. The molecule has 114 valence electrons. The van der Waals surface area contributed by atoms with E-state index in [1.807, 2.05) is 0 Å². The Labute approximate surface area is 123 Å². The van der Waals surface area contributed by atoms with Gasteiger partial charge in [0.15, 0.2) is 5.78 Å².